The molecule has 2 fully saturated rings. The maximum Gasteiger partial charge on any atom is 0.152 e. The largest absolute Gasteiger partial charge is 0.366 e. The number of halogens is 1. The monoisotopic (exact) mass is 252 g/mol. The van der Waals surface area contributed by atoms with Crippen LogP contribution in [0.4, 0.5) is 5.82 Å². The fraction of sp³-hybridized carbons (Fsp3) is 0.667. The highest BCUT2D eigenvalue weighted by atomic mass is 35.5. The van der Waals surface area contributed by atoms with E-state index in [1.807, 2.05) is 13.0 Å². The minimum absolute atomic E-state index is 0.459. The Morgan fingerprint density at radius 2 is 2.00 bits per heavy atom. The van der Waals surface area contributed by atoms with Gasteiger partial charge in [0.2, 0.25) is 0 Å². The molecule has 2 N–H and O–H groups in total. The first-order chi connectivity index (χ1) is 8.22. The Morgan fingerprint density at radius 3 is 2.65 bits per heavy atom. The molecule has 3 rings (SSSR count). The molecular weight excluding hydrogens is 236 g/mol. The van der Waals surface area contributed by atoms with Crippen molar-refractivity contribution in [2.75, 3.05) is 18.4 Å². The van der Waals surface area contributed by atoms with Gasteiger partial charge in [0, 0.05) is 6.04 Å². The summed E-state index contributed by atoms with van der Waals surface area (Å²) in [5.41, 5.74) is 1.07. The standard InChI is InChI=1S/C12H17ClN4/c1-7-2-11(13)16-17-12(7)15-10-3-8-5-14-6-9(8)4-10/h2,8-10,14H,3-6H2,1H3,(H,15,17)/t8-,9+,10?. The molecular formula is C12H17ClN4. The molecule has 1 aromatic heterocycles. The van der Waals surface area contributed by atoms with Crippen molar-refractivity contribution < 1.29 is 0 Å². The smallest absolute Gasteiger partial charge is 0.152 e. The van der Waals surface area contributed by atoms with Crippen molar-refractivity contribution in [2.24, 2.45) is 11.8 Å². The quantitative estimate of drug-likeness (QED) is 0.844. The molecule has 0 radical (unpaired) electrons. The maximum absolute atomic E-state index is 5.80. The number of nitrogens with zero attached hydrogens (tertiary/aromatic N) is 2. The second-order valence-corrected chi connectivity index (χ2v) is 5.58. The molecule has 1 saturated heterocycles. The molecule has 17 heavy (non-hydrogen) atoms. The molecule has 0 spiro atoms. The van der Waals surface area contributed by atoms with Crippen molar-refractivity contribution in [3.8, 4) is 0 Å². The van der Waals surface area contributed by atoms with Crippen LogP contribution in [0.1, 0.15) is 18.4 Å². The third-order valence-corrected chi connectivity index (χ3v) is 4.13. The Morgan fingerprint density at radius 1 is 1.29 bits per heavy atom. The van der Waals surface area contributed by atoms with Crippen molar-refractivity contribution in [3.05, 3.63) is 16.8 Å². The lowest BCUT2D eigenvalue weighted by atomic mass is 10.0. The molecule has 0 aromatic carbocycles. The van der Waals surface area contributed by atoms with Gasteiger partial charge in [0.05, 0.1) is 0 Å². The van der Waals surface area contributed by atoms with Gasteiger partial charge in [-0.15, -0.1) is 10.2 Å². The fourth-order valence-electron chi connectivity index (χ4n) is 3.07. The van der Waals surface area contributed by atoms with Gasteiger partial charge in [0.15, 0.2) is 11.0 Å². The number of anilines is 1. The summed E-state index contributed by atoms with van der Waals surface area (Å²) in [6.07, 6.45) is 2.48. The number of hydrogen-bond acceptors (Lipinski definition) is 4. The van der Waals surface area contributed by atoms with Gasteiger partial charge in [-0.2, -0.15) is 0 Å². The summed E-state index contributed by atoms with van der Waals surface area (Å²) in [5.74, 6) is 2.56. The second kappa shape index (κ2) is 4.42. The van der Waals surface area contributed by atoms with Crippen molar-refractivity contribution in [1.29, 1.82) is 0 Å². The normalized spacial score (nSPS) is 31.5. The highest BCUT2D eigenvalue weighted by Gasteiger charge is 2.37. The van der Waals surface area contributed by atoms with Crippen LogP contribution in [0, 0.1) is 18.8 Å². The third-order valence-electron chi connectivity index (χ3n) is 3.95. The van der Waals surface area contributed by atoms with Crippen molar-refractivity contribution in [2.45, 2.75) is 25.8 Å². The summed E-state index contributed by atoms with van der Waals surface area (Å²) in [7, 11) is 0. The van der Waals surface area contributed by atoms with Crippen LogP contribution in [0.2, 0.25) is 5.15 Å². The molecule has 0 amide bonds. The molecule has 1 aliphatic heterocycles. The molecule has 5 heteroatoms. The summed E-state index contributed by atoms with van der Waals surface area (Å²) in [6, 6.07) is 2.40. The Kier molecular flexibility index (Phi) is 2.92. The summed E-state index contributed by atoms with van der Waals surface area (Å²) >= 11 is 5.80. The summed E-state index contributed by atoms with van der Waals surface area (Å²) in [5, 5.41) is 15.4. The van der Waals surface area contributed by atoms with E-state index in [2.05, 4.69) is 20.8 Å². The zero-order valence-electron chi connectivity index (χ0n) is 9.91. The molecule has 3 atom stereocenters. The van der Waals surface area contributed by atoms with Crippen molar-refractivity contribution in [3.63, 3.8) is 0 Å². The van der Waals surface area contributed by atoms with Crippen LogP contribution < -0.4 is 10.6 Å². The number of nitrogens with one attached hydrogen (secondary N) is 2. The van der Waals surface area contributed by atoms with Gasteiger partial charge in [-0.3, -0.25) is 0 Å². The number of hydrogen-bond donors (Lipinski definition) is 2. The van der Waals surface area contributed by atoms with E-state index in [4.69, 9.17) is 11.6 Å². The van der Waals surface area contributed by atoms with Crippen molar-refractivity contribution >= 4 is 17.4 Å². The lowest BCUT2D eigenvalue weighted by Crippen LogP contribution is -2.21. The first kappa shape index (κ1) is 11.2. The van der Waals surface area contributed by atoms with Crippen LogP contribution >= 0.6 is 11.6 Å². The van der Waals surface area contributed by atoms with E-state index in [1.54, 1.807) is 0 Å². The van der Waals surface area contributed by atoms with E-state index in [0.717, 1.165) is 23.2 Å². The van der Waals surface area contributed by atoms with Gasteiger partial charge in [-0.25, -0.2) is 0 Å². The highest BCUT2D eigenvalue weighted by molar-refractivity contribution is 6.29. The van der Waals surface area contributed by atoms with Gasteiger partial charge in [-0.05, 0) is 56.3 Å². The molecule has 2 heterocycles. The SMILES string of the molecule is Cc1cc(Cl)nnc1NC1C[C@H]2CNC[C@H]2C1. The Hall–Kier alpha value is -0.870. The molecule has 1 unspecified atom stereocenters. The predicted molar refractivity (Wildman–Crippen MR) is 68.3 cm³/mol. The summed E-state index contributed by atoms with van der Waals surface area (Å²) in [6.45, 7) is 4.36. The van der Waals surface area contributed by atoms with Crippen LogP contribution in [0.3, 0.4) is 0 Å². The summed E-state index contributed by atoms with van der Waals surface area (Å²) < 4.78 is 0. The second-order valence-electron chi connectivity index (χ2n) is 5.19. The molecule has 1 saturated carbocycles. The van der Waals surface area contributed by atoms with E-state index in [9.17, 15) is 0 Å². The van der Waals surface area contributed by atoms with Gasteiger partial charge >= 0.3 is 0 Å². The van der Waals surface area contributed by atoms with Crippen molar-refractivity contribution in [1.82, 2.24) is 15.5 Å². The first-order valence-electron chi connectivity index (χ1n) is 6.19. The van der Waals surface area contributed by atoms with Gasteiger partial charge in [0.1, 0.15) is 0 Å². The lowest BCUT2D eigenvalue weighted by Gasteiger charge is -2.15. The minimum Gasteiger partial charge on any atom is -0.366 e. The molecule has 1 aromatic rings. The number of rotatable bonds is 2. The lowest BCUT2D eigenvalue weighted by molar-refractivity contribution is 0.494. The van der Waals surface area contributed by atoms with Crippen LogP contribution in [-0.4, -0.2) is 29.3 Å². The molecule has 92 valence electrons. The number of fused-ring (bicyclic) bond motifs is 1. The first-order valence-corrected chi connectivity index (χ1v) is 6.57. The van der Waals surface area contributed by atoms with E-state index in [-0.39, 0.29) is 0 Å². The average Bonchev–Trinajstić information content (AvgIpc) is 2.82. The minimum atomic E-state index is 0.459. The highest BCUT2D eigenvalue weighted by Crippen LogP contribution is 2.35. The van der Waals surface area contributed by atoms with Gasteiger partial charge < -0.3 is 10.6 Å². The van der Waals surface area contributed by atoms with Crippen LogP contribution in [0.15, 0.2) is 6.07 Å². The third kappa shape index (κ3) is 2.24. The Labute approximate surface area is 106 Å². The van der Waals surface area contributed by atoms with Crippen LogP contribution in [0.25, 0.3) is 0 Å². The number of aromatic nitrogens is 2. The Balaban J connectivity index is 1.67. The average molecular weight is 253 g/mol. The maximum atomic E-state index is 5.80. The fourth-order valence-corrected chi connectivity index (χ4v) is 3.27. The summed E-state index contributed by atoms with van der Waals surface area (Å²) in [4.78, 5) is 0. The zero-order chi connectivity index (χ0) is 11.8. The topological polar surface area (TPSA) is 49.8 Å². The van der Waals surface area contributed by atoms with Crippen LogP contribution in [0.5, 0.6) is 0 Å². The predicted octanol–water partition coefficient (Wildman–Crippen LogP) is 1.85. The Bertz CT molecular complexity index is 411. The van der Waals surface area contributed by atoms with E-state index >= 15 is 0 Å². The molecule has 2 aliphatic rings. The molecule has 1 aliphatic carbocycles. The molecule has 4 nitrogen and oxygen atoms in total. The van der Waals surface area contributed by atoms with Crippen LogP contribution in [-0.2, 0) is 0 Å². The van der Waals surface area contributed by atoms with Gasteiger partial charge in [-0.1, -0.05) is 11.6 Å². The van der Waals surface area contributed by atoms with Gasteiger partial charge in [0.25, 0.3) is 0 Å². The van der Waals surface area contributed by atoms with E-state index < -0.39 is 0 Å². The zero-order valence-corrected chi connectivity index (χ0v) is 10.7. The number of aryl methyl sites for hydroxylation is 1. The molecule has 0 bridgehead atoms. The van der Waals surface area contributed by atoms with E-state index in [1.165, 1.54) is 25.9 Å². The van der Waals surface area contributed by atoms with E-state index in [0.29, 0.717) is 11.2 Å².